The van der Waals surface area contributed by atoms with Gasteiger partial charge in [0.1, 0.15) is 0 Å². The molecule has 17 heavy (non-hydrogen) atoms. The number of benzene rings is 1. The molecule has 0 radical (unpaired) electrons. The Morgan fingerprint density at radius 3 is 2.41 bits per heavy atom. The van der Waals surface area contributed by atoms with Crippen molar-refractivity contribution in [3.05, 3.63) is 57.8 Å². The number of aliphatic hydroxyl groups excluding tert-OH is 1. The third-order valence-electron chi connectivity index (χ3n) is 2.45. The molecule has 1 atom stereocenters. The summed E-state index contributed by atoms with van der Waals surface area (Å²) in [5.41, 5.74) is 1.43. The molecule has 0 aliphatic carbocycles. The van der Waals surface area contributed by atoms with Gasteiger partial charge in [-0.2, -0.15) is 10.2 Å². The summed E-state index contributed by atoms with van der Waals surface area (Å²) in [7, 11) is 0. The fourth-order valence-electron chi connectivity index (χ4n) is 1.54. The summed E-state index contributed by atoms with van der Waals surface area (Å²) in [6.45, 7) is 0. The molecule has 0 saturated heterocycles. The Hall–Kier alpha value is -1.16. The largest absolute Gasteiger partial charge is 0.388 e. The fraction of sp³-hybridized carbons (Fsp3) is 0.167. The van der Waals surface area contributed by atoms with Gasteiger partial charge in [-0.05, 0) is 23.8 Å². The second-order valence-corrected chi connectivity index (χ2v) is 4.41. The lowest BCUT2D eigenvalue weighted by Gasteiger charge is -2.12. The van der Waals surface area contributed by atoms with Gasteiger partial charge in [-0.3, -0.25) is 0 Å². The number of rotatable bonds is 3. The van der Waals surface area contributed by atoms with Crippen molar-refractivity contribution in [1.82, 2.24) is 10.2 Å². The summed E-state index contributed by atoms with van der Waals surface area (Å²) in [5.74, 6) is 0. The van der Waals surface area contributed by atoms with Crippen molar-refractivity contribution < 1.29 is 5.11 Å². The minimum absolute atomic E-state index is 0.351. The highest BCUT2D eigenvalue weighted by atomic mass is 35.5. The van der Waals surface area contributed by atoms with Crippen LogP contribution < -0.4 is 0 Å². The Kier molecular flexibility index (Phi) is 3.94. The molecule has 3 nitrogen and oxygen atoms in total. The summed E-state index contributed by atoms with van der Waals surface area (Å²) < 4.78 is 0. The molecule has 0 fully saturated rings. The standard InChI is InChI=1S/C12H10Cl2N2O/c13-10-2-1-3-11(14)9(10)6-12(17)8-4-5-15-16-7-8/h1-5,7,12,17H,6H2. The van der Waals surface area contributed by atoms with E-state index in [1.807, 2.05) is 0 Å². The van der Waals surface area contributed by atoms with E-state index in [-0.39, 0.29) is 0 Å². The topological polar surface area (TPSA) is 46.0 Å². The molecular formula is C12H10Cl2N2O. The van der Waals surface area contributed by atoms with Gasteiger partial charge in [-0.1, -0.05) is 29.3 Å². The third kappa shape index (κ3) is 2.94. The predicted octanol–water partition coefficient (Wildman–Crippen LogP) is 3.06. The number of hydrogen-bond acceptors (Lipinski definition) is 3. The molecule has 0 amide bonds. The van der Waals surface area contributed by atoms with Crippen molar-refractivity contribution >= 4 is 23.2 Å². The van der Waals surface area contributed by atoms with Crippen molar-refractivity contribution in [3.63, 3.8) is 0 Å². The Bertz CT molecular complexity index is 485. The van der Waals surface area contributed by atoms with Crippen molar-refractivity contribution in [3.8, 4) is 0 Å². The van der Waals surface area contributed by atoms with Crippen LogP contribution in [-0.4, -0.2) is 15.3 Å². The van der Waals surface area contributed by atoms with Crippen LogP contribution in [0.5, 0.6) is 0 Å². The normalized spacial score (nSPS) is 12.4. The fourth-order valence-corrected chi connectivity index (χ4v) is 2.09. The van der Waals surface area contributed by atoms with E-state index in [1.165, 1.54) is 12.4 Å². The first-order valence-electron chi connectivity index (χ1n) is 5.06. The Labute approximate surface area is 109 Å². The van der Waals surface area contributed by atoms with Gasteiger partial charge in [0.25, 0.3) is 0 Å². The molecule has 0 aliphatic heterocycles. The quantitative estimate of drug-likeness (QED) is 0.931. The van der Waals surface area contributed by atoms with Crippen molar-refractivity contribution in [2.24, 2.45) is 0 Å². The minimum Gasteiger partial charge on any atom is -0.388 e. The molecule has 0 aliphatic rings. The van der Waals surface area contributed by atoms with Gasteiger partial charge in [0, 0.05) is 28.2 Å². The third-order valence-corrected chi connectivity index (χ3v) is 3.16. The zero-order valence-electron chi connectivity index (χ0n) is 8.85. The lowest BCUT2D eigenvalue weighted by Crippen LogP contribution is -2.03. The summed E-state index contributed by atoms with van der Waals surface area (Å²) in [6, 6.07) is 6.98. The van der Waals surface area contributed by atoms with Crippen molar-refractivity contribution in [2.45, 2.75) is 12.5 Å². The maximum Gasteiger partial charge on any atom is 0.0847 e. The van der Waals surface area contributed by atoms with Gasteiger partial charge < -0.3 is 5.11 Å². The molecule has 2 aromatic rings. The van der Waals surface area contributed by atoms with E-state index in [1.54, 1.807) is 24.3 Å². The van der Waals surface area contributed by atoms with Crippen molar-refractivity contribution in [1.29, 1.82) is 0 Å². The van der Waals surface area contributed by atoms with Crippen LogP contribution in [0.1, 0.15) is 17.2 Å². The van der Waals surface area contributed by atoms with Crippen LogP contribution >= 0.6 is 23.2 Å². The average Bonchev–Trinajstić information content (AvgIpc) is 2.35. The first-order valence-corrected chi connectivity index (χ1v) is 5.81. The van der Waals surface area contributed by atoms with Gasteiger partial charge >= 0.3 is 0 Å². The molecule has 88 valence electrons. The van der Waals surface area contributed by atoms with Crippen LogP contribution in [0.2, 0.25) is 10.0 Å². The van der Waals surface area contributed by atoms with Crippen LogP contribution in [0, 0.1) is 0 Å². The van der Waals surface area contributed by atoms with Crippen LogP contribution in [0.25, 0.3) is 0 Å². The number of aromatic nitrogens is 2. The molecule has 0 bridgehead atoms. The molecule has 1 unspecified atom stereocenters. The maximum atomic E-state index is 10.0. The average molecular weight is 269 g/mol. The SMILES string of the molecule is OC(Cc1c(Cl)cccc1Cl)c1ccnnc1. The lowest BCUT2D eigenvalue weighted by molar-refractivity contribution is 0.178. The first-order chi connectivity index (χ1) is 8.18. The van der Waals surface area contributed by atoms with Crippen LogP contribution in [0.3, 0.4) is 0 Å². The second kappa shape index (κ2) is 5.45. The zero-order chi connectivity index (χ0) is 12.3. The number of nitrogens with zero attached hydrogens (tertiary/aromatic N) is 2. The molecule has 5 heteroatoms. The number of aliphatic hydroxyl groups is 1. The Morgan fingerprint density at radius 2 is 1.82 bits per heavy atom. The minimum atomic E-state index is -0.692. The van der Waals surface area contributed by atoms with Gasteiger partial charge in [0.15, 0.2) is 0 Å². The van der Waals surface area contributed by atoms with E-state index >= 15 is 0 Å². The summed E-state index contributed by atoms with van der Waals surface area (Å²) in [4.78, 5) is 0. The van der Waals surface area contributed by atoms with Gasteiger partial charge in [-0.15, -0.1) is 0 Å². The molecule has 0 spiro atoms. The number of hydrogen-bond donors (Lipinski definition) is 1. The highest BCUT2D eigenvalue weighted by Gasteiger charge is 2.13. The Balaban J connectivity index is 2.22. The molecular weight excluding hydrogens is 259 g/mol. The summed E-state index contributed by atoms with van der Waals surface area (Å²) >= 11 is 12.1. The molecule has 1 N–H and O–H groups in total. The molecule has 0 saturated carbocycles. The van der Waals surface area contributed by atoms with Crippen LogP contribution in [0.4, 0.5) is 0 Å². The highest BCUT2D eigenvalue weighted by Crippen LogP contribution is 2.28. The molecule has 1 aromatic heterocycles. The highest BCUT2D eigenvalue weighted by molar-refractivity contribution is 6.35. The summed E-state index contributed by atoms with van der Waals surface area (Å²) in [5, 5.41) is 18.5. The predicted molar refractivity (Wildman–Crippen MR) is 67.2 cm³/mol. The number of halogens is 2. The van der Waals surface area contributed by atoms with Crippen LogP contribution in [0.15, 0.2) is 36.7 Å². The zero-order valence-corrected chi connectivity index (χ0v) is 10.4. The monoisotopic (exact) mass is 268 g/mol. The van der Waals surface area contributed by atoms with E-state index in [2.05, 4.69) is 10.2 Å². The second-order valence-electron chi connectivity index (χ2n) is 3.60. The van der Waals surface area contributed by atoms with Gasteiger partial charge in [-0.25, -0.2) is 0 Å². The van der Waals surface area contributed by atoms with E-state index in [9.17, 15) is 5.11 Å². The van der Waals surface area contributed by atoms with Crippen LogP contribution in [-0.2, 0) is 6.42 Å². The maximum absolute atomic E-state index is 10.0. The van der Waals surface area contributed by atoms with Gasteiger partial charge in [0.05, 0.1) is 12.3 Å². The first kappa shape index (κ1) is 12.3. The van der Waals surface area contributed by atoms with Gasteiger partial charge in [0.2, 0.25) is 0 Å². The molecule has 1 aromatic carbocycles. The lowest BCUT2D eigenvalue weighted by atomic mass is 10.0. The summed E-state index contributed by atoms with van der Waals surface area (Å²) in [6.07, 6.45) is 2.72. The molecule has 2 rings (SSSR count). The molecule has 1 heterocycles. The van der Waals surface area contributed by atoms with E-state index in [0.717, 1.165) is 5.56 Å². The van der Waals surface area contributed by atoms with E-state index < -0.39 is 6.10 Å². The van der Waals surface area contributed by atoms with E-state index in [4.69, 9.17) is 23.2 Å². The van der Waals surface area contributed by atoms with Crippen molar-refractivity contribution in [2.75, 3.05) is 0 Å². The van der Waals surface area contributed by atoms with E-state index in [0.29, 0.717) is 22.0 Å². The Morgan fingerprint density at radius 1 is 1.12 bits per heavy atom. The smallest absolute Gasteiger partial charge is 0.0847 e.